The Morgan fingerprint density at radius 2 is 1.88 bits per heavy atom. The quantitative estimate of drug-likeness (QED) is 0.401. The zero-order valence-electron chi connectivity index (χ0n) is 14.3. The first kappa shape index (κ1) is 19.2. The summed E-state index contributed by atoms with van der Waals surface area (Å²) in [7, 11) is 0. The highest BCUT2D eigenvalue weighted by atomic mass is 35.5. The number of carbonyl (C=O) groups is 1. The summed E-state index contributed by atoms with van der Waals surface area (Å²) in [5.41, 5.74) is 3.20. The summed E-state index contributed by atoms with van der Waals surface area (Å²) < 4.78 is 5.18. The van der Waals surface area contributed by atoms with Crippen LogP contribution in [0.5, 0.6) is 0 Å². The van der Waals surface area contributed by atoms with Gasteiger partial charge in [-0.15, -0.1) is 0 Å². The Bertz CT molecular complexity index is 748. The van der Waals surface area contributed by atoms with Gasteiger partial charge in [0, 0.05) is 16.4 Å². The minimum Gasteiger partial charge on any atom is -0.462 e. The van der Waals surface area contributed by atoms with Crippen molar-refractivity contribution in [3.63, 3.8) is 0 Å². The number of nitrogens with one attached hydrogen (secondary N) is 2. The summed E-state index contributed by atoms with van der Waals surface area (Å²) in [6.07, 6.45) is 1.86. The molecule has 0 saturated carbocycles. The normalized spacial score (nSPS) is 10.2. The van der Waals surface area contributed by atoms with Crippen LogP contribution in [0.3, 0.4) is 0 Å². The Morgan fingerprint density at radius 3 is 2.52 bits per heavy atom. The lowest BCUT2D eigenvalue weighted by molar-refractivity contribution is 0.0500. The smallest absolute Gasteiger partial charge is 0.338 e. The van der Waals surface area contributed by atoms with Crippen LogP contribution in [0.1, 0.15) is 35.7 Å². The van der Waals surface area contributed by atoms with Crippen LogP contribution >= 0.6 is 23.8 Å². The van der Waals surface area contributed by atoms with Gasteiger partial charge >= 0.3 is 5.97 Å². The van der Waals surface area contributed by atoms with Crippen molar-refractivity contribution in [2.24, 2.45) is 0 Å². The third kappa shape index (κ3) is 6.03. The summed E-state index contributed by atoms with van der Waals surface area (Å²) in [6.45, 7) is 4.45. The Labute approximate surface area is 158 Å². The molecule has 0 aliphatic rings. The molecule has 4 nitrogen and oxygen atoms in total. The van der Waals surface area contributed by atoms with Gasteiger partial charge < -0.3 is 15.4 Å². The molecule has 0 atom stereocenters. The van der Waals surface area contributed by atoms with Crippen LogP contribution in [-0.2, 0) is 4.74 Å². The van der Waals surface area contributed by atoms with Crippen LogP contribution < -0.4 is 10.6 Å². The fourth-order valence-electron chi connectivity index (χ4n) is 2.13. The molecular formula is C19H21ClN2O2S. The lowest BCUT2D eigenvalue weighted by atomic mass is 10.2. The first-order chi connectivity index (χ1) is 12.0. The summed E-state index contributed by atoms with van der Waals surface area (Å²) in [6, 6.07) is 12.6. The number of thiocarbonyl (C=S) groups is 1. The monoisotopic (exact) mass is 376 g/mol. The van der Waals surface area contributed by atoms with Crippen LogP contribution in [0.4, 0.5) is 11.4 Å². The highest BCUT2D eigenvalue weighted by molar-refractivity contribution is 7.80. The Morgan fingerprint density at radius 1 is 1.16 bits per heavy atom. The molecule has 0 unspecified atom stereocenters. The number of hydrogen-bond acceptors (Lipinski definition) is 3. The molecule has 0 amide bonds. The van der Waals surface area contributed by atoms with Crippen LogP contribution in [0, 0.1) is 6.92 Å². The highest BCUT2D eigenvalue weighted by Crippen LogP contribution is 2.20. The van der Waals surface area contributed by atoms with E-state index in [9.17, 15) is 4.79 Å². The van der Waals surface area contributed by atoms with Gasteiger partial charge in [0.2, 0.25) is 0 Å². The molecule has 0 spiro atoms. The molecule has 25 heavy (non-hydrogen) atoms. The number of unbranched alkanes of at least 4 members (excludes halogenated alkanes) is 1. The second-order valence-corrected chi connectivity index (χ2v) is 6.45. The molecule has 0 saturated heterocycles. The van der Waals surface area contributed by atoms with Gasteiger partial charge in [-0.1, -0.05) is 24.9 Å². The van der Waals surface area contributed by atoms with Crippen LogP contribution in [0.25, 0.3) is 0 Å². The highest BCUT2D eigenvalue weighted by Gasteiger charge is 2.07. The molecule has 0 bridgehead atoms. The van der Waals surface area contributed by atoms with Crippen molar-refractivity contribution in [1.29, 1.82) is 0 Å². The van der Waals surface area contributed by atoms with Crippen molar-refractivity contribution in [2.75, 3.05) is 17.2 Å². The van der Waals surface area contributed by atoms with Crippen LogP contribution in [0.2, 0.25) is 5.02 Å². The predicted molar refractivity (Wildman–Crippen MR) is 108 cm³/mol. The molecule has 0 aliphatic heterocycles. The predicted octanol–water partition coefficient (Wildman–Crippen LogP) is 5.41. The fourth-order valence-corrected chi connectivity index (χ4v) is 2.59. The summed E-state index contributed by atoms with van der Waals surface area (Å²) in [5, 5.41) is 7.36. The van der Waals surface area contributed by atoms with Crippen molar-refractivity contribution in [3.8, 4) is 0 Å². The number of aryl methyl sites for hydroxylation is 1. The Balaban J connectivity index is 1.91. The molecule has 2 aromatic rings. The summed E-state index contributed by atoms with van der Waals surface area (Å²) in [5.74, 6) is -0.308. The van der Waals surface area contributed by atoms with Gasteiger partial charge in [0.05, 0.1) is 12.2 Å². The van der Waals surface area contributed by atoms with Crippen LogP contribution in [0.15, 0.2) is 42.5 Å². The first-order valence-corrected chi connectivity index (χ1v) is 8.89. The largest absolute Gasteiger partial charge is 0.462 e. The first-order valence-electron chi connectivity index (χ1n) is 8.11. The zero-order valence-corrected chi connectivity index (χ0v) is 15.8. The van der Waals surface area contributed by atoms with E-state index in [1.165, 1.54) is 0 Å². The topological polar surface area (TPSA) is 50.4 Å². The molecule has 132 valence electrons. The lowest BCUT2D eigenvalue weighted by Gasteiger charge is -2.13. The number of carbonyl (C=O) groups excluding carboxylic acids is 1. The molecule has 2 rings (SSSR count). The number of ether oxygens (including phenoxy) is 1. The van der Waals surface area contributed by atoms with E-state index in [2.05, 4.69) is 17.6 Å². The van der Waals surface area contributed by atoms with Crippen molar-refractivity contribution >= 4 is 46.3 Å². The van der Waals surface area contributed by atoms with Gasteiger partial charge in [0.15, 0.2) is 5.11 Å². The van der Waals surface area contributed by atoms with Gasteiger partial charge in [0.1, 0.15) is 0 Å². The van der Waals surface area contributed by atoms with Crippen molar-refractivity contribution in [2.45, 2.75) is 26.7 Å². The number of halogens is 1. The molecule has 0 aliphatic carbocycles. The minimum absolute atomic E-state index is 0.308. The van der Waals surface area contributed by atoms with Crippen molar-refractivity contribution in [1.82, 2.24) is 0 Å². The molecule has 2 aromatic carbocycles. The number of anilines is 2. The van der Waals surface area contributed by atoms with E-state index < -0.39 is 0 Å². The second kappa shape index (κ2) is 9.39. The second-order valence-electron chi connectivity index (χ2n) is 5.61. The Kier molecular flexibility index (Phi) is 7.22. The SMILES string of the molecule is CCCCOC(=O)c1ccc(NC(=S)Nc2ccc(Cl)cc2C)cc1. The van der Waals surface area contributed by atoms with Gasteiger partial charge in [-0.2, -0.15) is 0 Å². The minimum atomic E-state index is -0.308. The third-order valence-corrected chi connectivity index (χ3v) is 3.99. The average Bonchev–Trinajstić information content (AvgIpc) is 2.58. The van der Waals surface area contributed by atoms with E-state index in [0.29, 0.717) is 22.3 Å². The molecular weight excluding hydrogens is 356 g/mol. The molecule has 6 heteroatoms. The van der Waals surface area contributed by atoms with Gasteiger partial charge in [-0.05, 0) is 73.6 Å². The van der Waals surface area contributed by atoms with E-state index in [-0.39, 0.29) is 5.97 Å². The molecule has 0 fully saturated rings. The maximum Gasteiger partial charge on any atom is 0.338 e. The van der Waals surface area contributed by atoms with Gasteiger partial charge in [-0.25, -0.2) is 4.79 Å². The standard InChI is InChI=1S/C19H21ClN2O2S/c1-3-4-11-24-18(23)14-5-8-16(9-6-14)21-19(25)22-17-10-7-15(20)12-13(17)2/h5-10,12H,3-4,11H2,1-2H3,(H2,21,22,25). The van der Waals surface area contributed by atoms with Gasteiger partial charge in [-0.3, -0.25) is 0 Å². The third-order valence-electron chi connectivity index (χ3n) is 3.55. The number of benzene rings is 2. The van der Waals surface area contributed by atoms with Crippen molar-refractivity contribution < 1.29 is 9.53 Å². The van der Waals surface area contributed by atoms with E-state index in [1.807, 2.05) is 19.1 Å². The molecule has 0 heterocycles. The Hall–Kier alpha value is -2.11. The number of hydrogen-bond donors (Lipinski definition) is 2. The number of rotatable bonds is 6. The van der Waals surface area contributed by atoms with E-state index in [1.54, 1.807) is 30.3 Å². The maximum absolute atomic E-state index is 11.9. The fraction of sp³-hybridized carbons (Fsp3) is 0.263. The molecule has 0 aromatic heterocycles. The average molecular weight is 377 g/mol. The van der Waals surface area contributed by atoms with E-state index >= 15 is 0 Å². The summed E-state index contributed by atoms with van der Waals surface area (Å²) >= 11 is 11.3. The van der Waals surface area contributed by atoms with E-state index in [4.69, 9.17) is 28.6 Å². The zero-order chi connectivity index (χ0) is 18.2. The van der Waals surface area contributed by atoms with Crippen LogP contribution in [-0.4, -0.2) is 17.7 Å². The maximum atomic E-state index is 11.9. The van der Waals surface area contributed by atoms with Crippen molar-refractivity contribution in [3.05, 3.63) is 58.6 Å². The lowest BCUT2D eigenvalue weighted by Crippen LogP contribution is -2.19. The molecule has 2 N–H and O–H groups in total. The number of esters is 1. The van der Waals surface area contributed by atoms with Gasteiger partial charge in [0.25, 0.3) is 0 Å². The summed E-state index contributed by atoms with van der Waals surface area (Å²) in [4.78, 5) is 11.9. The van der Waals surface area contributed by atoms with E-state index in [0.717, 1.165) is 29.8 Å². The molecule has 0 radical (unpaired) electrons.